The molecule has 1 N–H and O–H groups in total. The Bertz CT molecular complexity index is 446. The molecule has 0 spiro atoms. The Kier molecular flexibility index (Phi) is 2.23. The minimum Gasteiger partial charge on any atom is -0.508 e. The van der Waals surface area contributed by atoms with Gasteiger partial charge in [0.05, 0.1) is 0 Å². The molecule has 1 radical (unpaired) electrons. The van der Waals surface area contributed by atoms with Crippen LogP contribution in [0.15, 0.2) is 42.5 Å². The molecule has 0 heterocycles. The molecule has 0 aromatic heterocycles. The summed E-state index contributed by atoms with van der Waals surface area (Å²) < 4.78 is 0. The van der Waals surface area contributed by atoms with Gasteiger partial charge in [-0.2, -0.15) is 0 Å². The fraction of sp³-hybridized carbons (Fsp3) is 0.0769. The third kappa shape index (κ3) is 1.62. The van der Waals surface area contributed by atoms with Crippen LogP contribution in [-0.2, 0) is 0 Å². The van der Waals surface area contributed by atoms with Gasteiger partial charge in [-0.05, 0) is 41.8 Å². The first-order chi connectivity index (χ1) is 6.77. The average Bonchev–Trinajstić information content (AvgIpc) is 2.18. The second-order valence-electron chi connectivity index (χ2n) is 3.26. The highest BCUT2D eigenvalue weighted by Gasteiger charge is 2.00. The molecule has 69 valence electrons. The van der Waals surface area contributed by atoms with Gasteiger partial charge in [-0.25, -0.2) is 0 Å². The van der Waals surface area contributed by atoms with E-state index in [2.05, 4.69) is 6.07 Å². The summed E-state index contributed by atoms with van der Waals surface area (Å²) in [6.07, 6.45) is 0. The van der Waals surface area contributed by atoms with Crippen molar-refractivity contribution in [1.29, 1.82) is 0 Å². The molecule has 0 fully saturated rings. The topological polar surface area (TPSA) is 20.2 Å². The quantitative estimate of drug-likeness (QED) is 0.720. The van der Waals surface area contributed by atoms with Crippen LogP contribution >= 0.6 is 0 Å². The molecular weight excluding hydrogens is 172 g/mol. The lowest BCUT2D eigenvalue weighted by molar-refractivity contribution is 0.475. The van der Waals surface area contributed by atoms with E-state index in [1.54, 1.807) is 12.1 Å². The van der Waals surface area contributed by atoms with Crippen molar-refractivity contribution in [3.05, 3.63) is 54.1 Å². The Balaban J connectivity index is 2.55. The van der Waals surface area contributed by atoms with E-state index in [4.69, 9.17) is 0 Å². The predicted octanol–water partition coefficient (Wildman–Crippen LogP) is 3.17. The van der Waals surface area contributed by atoms with Gasteiger partial charge in [-0.3, -0.25) is 0 Å². The SMILES string of the molecule is Cc1[c]cccc1-c1cccc(O)c1. The molecule has 2 aromatic carbocycles. The average molecular weight is 183 g/mol. The minimum absolute atomic E-state index is 0.297. The maximum atomic E-state index is 9.36. The summed E-state index contributed by atoms with van der Waals surface area (Å²) in [5.41, 5.74) is 3.24. The van der Waals surface area contributed by atoms with Gasteiger partial charge in [0.1, 0.15) is 5.75 Å². The van der Waals surface area contributed by atoms with E-state index < -0.39 is 0 Å². The van der Waals surface area contributed by atoms with Crippen LogP contribution < -0.4 is 0 Å². The summed E-state index contributed by atoms with van der Waals surface area (Å²) in [4.78, 5) is 0. The number of benzene rings is 2. The molecular formula is C13H11O. The van der Waals surface area contributed by atoms with Crippen LogP contribution in [0.5, 0.6) is 5.75 Å². The first-order valence-corrected chi connectivity index (χ1v) is 4.54. The standard InChI is InChI=1S/C13H11O/c1-10-5-2-3-8-13(10)11-6-4-7-12(14)9-11/h2-4,6-9,14H,1H3. The lowest BCUT2D eigenvalue weighted by atomic mass is 10.0. The molecule has 1 heteroatoms. The van der Waals surface area contributed by atoms with Gasteiger partial charge < -0.3 is 5.11 Å². The lowest BCUT2D eigenvalue weighted by Gasteiger charge is -2.05. The number of aromatic hydroxyl groups is 1. The highest BCUT2D eigenvalue weighted by Crippen LogP contribution is 2.25. The maximum Gasteiger partial charge on any atom is 0.116 e. The smallest absolute Gasteiger partial charge is 0.116 e. The number of hydrogen-bond acceptors (Lipinski definition) is 1. The van der Waals surface area contributed by atoms with E-state index in [1.165, 1.54) is 0 Å². The maximum absolute atomic E-state index is 9.36. The van der Waals surface area contributed by atoms with Gasteiger partial charge in [0.25, 0.3) is 0 Å². The van der Waals surface area contributed by atoms with Crippen LogP contribution in [0.2, 0.25) is 0 Å². The Hall–Kier alpha value is -1.76. The highest BCUT2D eigenvalue weighted by atomic mass is 16.3. The van der Waals surface area contributed by atoms with Crippen LogP contribution in [0.4, 0.5) is 0 Å². The normalized spacial score (nSPS) is 10.1. The highest BCUT2D eigenvalue weighted by molar-refractivity contribution is 5.67. The number of phenols is 1. The number of hydrogen-bond donors (Lipinski definition) is 1. The van der Waals surface area contributed by atoms with Crippen molar-refractivity contribution in [1.82, 2.24) is 0 Å². The number of aryl methyl sites for hydroxylation is 1. The molecule has 0 amide bonds. The zero-order valence-electron chi connectivity index (χ0n) is 7.99. The summed E-state index contributed by atoms with van der Waals surface area (Å²) in [5, 5.41) is 9.36. The predicted molar refractivity (Wildman–Crippen MR) is 57.1 cm³/mol. The van der Waals surface area contributed by atoms with Crippen molar-refractivity contribution < 1.29 is 5.11 Å². The van der Waals surface area contributed by atoms with Crippen molar-refractivity contribution in [2.45, 2.75) is 6.92 Å². The van der Waals surface area contributed by atoms with E-state index in [0.717, 1.165) is 16.7 Å². The lowest BCUT2D eigenvalue weighted by Crippen LogP contribution is -1.81. The summed E-state index contributed by atoms with van der Waals surface area (Å²) in [7, 11) is 0. The van der Waals surface area contributed by atoms with Crippen LogP contribution in [0.1, 0.15) is 5.56 Å². The van der Waals surface area contributed by atoms with Gasteiger partial charge in [0.15, 0.2) is 0 Å². The molecule has 0 bridgehead atoms. The van der Waals surface area contributed by atoms with Crippen LogP contribution in [-0.4, -0.2) is 5.11 Å². The Morgan fingerprint density at radius 2 is 2.00 bits per heavy atom. The molecule has 0 aliphatic heterocycles. The fourth-order valence-electron chi connectivity index (χ4n) is 1.51. The van der Waals surface area contributed by atoms with Gasteiger partial charge in [0.2, 0.25) is 0 Å². The molecule has 0 saturated heterocycles. The van der Waals surface area contributed by atoms with Gasteiger partial charge in [-0.1, -0.05) is 30.3 Å². The van der Waals surface area contributed by atoms with Gasteiger partial charge in [-0.15, -0.1) is 0 Å². The minimum atomic E-state index is 0.297. The summed E-state index contributed by atoms with van der Waals surface area (Å²) in [6.45, 7) is 2.01. The Morgan fingerprint density at radius 3 is 2.71 bits per heavy atom. The largest absolute Gasteiger partial charge is 0.508 e. The van der Waals surface area contributed by atoms with Gasteiger partial charge in [0, 0.05) is 0 Å². The molecule has 0 aliphatic rings. The third-order valence-electron chi connectivity index (χ3n) is 2.22. The van der Waals surface area contributed by atoms with Crippen molar-refractivity contribution >= 4 is 0 Å². The molecule has 0 aliphatic carbocycles. The second-order valence-corrected chi connectivity index (χ2v) is 3.26. The monoisotopic (exact) mass is 183 g/mol. The molecule has 2 aromatic rings. The second kappa shape index (κ2) is 3.54. The van der Waals surface area contributed by atoms with Crippen molar-refractivity contribution in [2.75, 3.05) is 0 Å². The molecule has 0 atom stereocenters. The van der Waals surface area contributed by atoms with E-state index in [0.29, 0.717) is 5.75 Å². The fourth-order valence-corrected chi connectivity index (χ4v) is 1.51. The molecule has 2 rings (SSSR count). The first-order valence-electron chi connectivity index (χ1n) is 4.54. The molecule has 1 nitrogen and oxygen atoms in total. The Labute approximate surface area is 83.6 Å². The summed E-state index contributed by atoms with van der Waals surface area (Å²) >= 11 is 0. The van der Waals surface area contributed by atoms with E-state index in [-0.39, 0.29) is 0 Å². The third-order valence-corrected chi connectivity index (χ3v) is 2.22. The Morgan fingerprint density at radius 1 is 1.14 bits per heavy atom. The zero-order chi connectivity index (χ0) is 9.97. The van der Waals surface area contributed by atoms with E-state index in [9.17, 15) is 5.11 Å². The molecule has 0 saturated carbocycles. The zero-order valence-corrected chi connectivity index (χ0v) is 7.99. The van der Waals surface area contributed by atoms with Gasteiger partial charge >= 0.3 is 0 Å². The number of rotatable bonds is 1. The van der Waals surface area contributed by atoms with Crippen LogP contribution in [0.25, 0.3) is 11.1 Å². The molecule has 14 heavy (non-hydrogen) atoms. The van der Waals surface area contributed by atoms with Crippen LogP contribution in [0.3, 0.4) is 0 Å². The van der Waals surface area contributed by atoms with E-state index in [1.807, 2.05) is 37.3 Å². The summed E-state index contributed by atoms with van der Waals surface area (Å²) in [5.74, 6) is 0.297. The van der Waals surface area contributed by atoms with E-state index >= 15 is 0 Å². The summed E-state index contributed by atoms with van der Waals surface area (Å²) in [6, 6.07) is 16.3. The number of phenolic OH excluding ortho intramolecular Hbond substituents is 1. The first kappa shape index (κ1) is 8.82. The molecule has 0 unspecified atom stereocenters. The van der Waals surface area contributed by atoms with Crippen molar-refractivity contribution in [3.8, 4) is 16.9 Å². The van der Waals surface area contributed by atoms with Crippen molar-refractivity contribution in [3.63, 3.8) is 0 Å². The van der Waals surface area contributed by atoms with Crippen LogP contribution in [0, 0.1) is 13.0 Å². The van der Waals surface area contributed by atoms with Crippen molar-refractivity contribution in [2.24, 2.45) is 0 Å².